The smallest absolute Gasteiger partial charge is 0.243 e. The first kappa shape index (κ1) is 16.9. The van der Waals surface area contributed by atoms with Crippen LogP contribution in [0.2, 0.25) is 0 Å². The minimum atomic E-state index is -0.105. The van der Waals surface area contributed by atoms with E-state index in [2.05, 4.69) is 53.1 Å². The van der Waals surface area contributed by atoms with Gasteiger partial charge in [-0.2, -0.15) is 5.26 Å². The van der Waals surface area contributed by atoms with Crippen molar-refractivity contribution in [1.29, 1.82) is 5.26 Å². The van der Waals surface area contributed by atoms with E-state index < -0.39 is 0 Å². The van der Waals surface area contributed by atoms with Crippen LogP contribution in [0.15, 0.2) is 66.7 Å². The lowest BCUT2D eigenvalue weighted by atomic mass is 10.1. The van der Waals surface area contributed by atoms with Crippen molar-refractivity contribution in [1.82, 2.24) is 0 Å². The highest BCUT2D eigenvalue weighted by atomic mass is 16.1. The average molecular weight is 353 g/mol. The largest absolute Gasteiger partial charge is 0.376 e. The Kier molecular flexibility index (Phi) is 4.59. The maximum absolute atomic E-state index is 12.2. The molecule has 0 radical (unpaired) electrons. The van der Waals surface area contributed by atoms with Gasteiger partial charge in [0.25, 0.3) is 0 Å². The minimum Gasteiger partial charge on any atom is -0.376 e. The Balaban J connectivity index is 1.36. The van der Waals surface area contributed by atoms with Crippen molar-refractivity contribution in [3.05, 3.63) is 83.4 Å². The fourth-order valence-corrected chi connectivity index (χ4v) is 3.44. The summed E-state index contributed by atoms with van der Waals surface area (Å²) in [6, 6.07) is 24.2. The number of nitrogens with one attached hydrogen (secondary N) is 2. The molecule has 0 saturated heterocycles. The standard InChI is InChI=1S/C23H19N3O/c24-12-11-16-5-7-19(8-6-16)26-23(27)15-25-20-9-10-22-18(14-20)13-17-3-1-2-4-21(17)22/h1-10,14,25H,11,13,15H2,(H,26,27). The molecule has 1 amide bonds. The molecule has 2 N–H and O–H groups in total. The summed E-state index contributed by atoms with van der Waals surface area (Å²) in [6.07, 6.45) is 1.31. The lowest BCUT2D eigenvalue weighted by Crippen LogP contribution is -2.21. The van der Waals surface area contributed by atoms with E-state index in [0.29, 0.717) is 6.42 Å². The molecule has 3 aromatic carbocycles. The predicted octanol–water partition coefficient (Wildman–Crippen LogP) is 4.37. The van der Waals surface area contributed by atoms with Crippen molar-refractivity contribution in [2.45, 2.75) is 12.8 Å². The Labute approximate surface area is 158 Å². The zero-order chi connectivity index (χ0) is 18.6. The van der Waals surface area contributed by atoms with Gasteiger partial charge in [-0.05, 0) is 58.5 Å². The molecule has 4 rings (SSSR count). The molecule has 0 atom stereocenters. The summed E-state index contributed by atoms with van der Waals surface area (Å²) in [5.74, 6) is -0.105. The number of nitriles is 1. The molecule has 1 aliphatic carbocycles. The number of anilines is 2. The fraction of sp³-hybridized carbons (Fsp3) is 0.130. The van der Waals surface area contributed by atoms with Gasteiger partial charge in [0.2, 0.25) is 5.91 Å². The number of benzene rings is 3. The van der Waals surface area contributed by atoms with Crippen LogP contribution in [-0.2, 0) is 17.6 Å². The highest BCUT2D eigenvalue weighted by molar-refractivity contribution is 5.93. The van der Waals surface area contributed by atoms with Gasteiger partial charge in [0, 0.05) is 11.4 Å². The minimum absolute atomic E-state index is 0.105. The molecule has 0 saturated carbocycles. The summed E-state index contributed by atoms with van der Waals surface area (Å²) in [5, 5.41) is 14.8. The Morgan fingerprint density at radius 3 is 2.48 bits per heavy atom. The van der Waals surface area contributed by atoms with Crippen molar-refractivity contribution in [3.63, 3.8) is 0 Å². The number of hydrogen-bond acceptors (Lipinski definition) is 3. The summed E-state index contributed by atoms with van der Waals surface area (Å²) in [4.78, 5) is 12.2. The first-order valence-corrected chi connectivity index (χ1v) is 8.94. The number of hydrogen-bond donors (Lipinski definition) is 2. The predicted molar refractivity (Wildman–Crippen MR) is 108 cm³/mol. The average Bonchev–Trinajstić information content (AvgIpc) is 3.06. The van der Waals surface area contributed by atoms with Crippen LogP contribution >= 0.6 is 0 Å². The van der Waals surface area contributed by atoms with E-state index in [-0.39, 0.29) is 12.5 Å². The van der Waals surface area contributed by atoms with Gasteiger partial charge < -0.3 is 10.6 Å². The quantitative estimate of drug-likeness (QED) is 0.560. The monoisotopic (exact) mass is 353 g/mol. The third kappa shape index (κ3) is 3.68. The molecule has 132 valence electrons. The molecule has 4 heteroatoms. The second-order valence-corrected chi connectivity index (χ2v) is 6.64. The Morgan fingerprint density at radius 1 is 0.926 bits per heavy atom. The van der Waals surface area contributed by atoms with Crippen LogP contribution in [0.1, 0.15) is 16.7 Å². The number of carbonyl (C=O) groups excluding carboxylic acids is 1. The van der Waals surface area contributed by atoms with Crippen molar-refractivity contribution in [3.8, 4) is 17.2 Å². The summed E-state index contributed by atoms with van der Waals surface area (Å²) < 4.78 is 0. The summed E-state index contributed by atoms with van der Waals surface area (Å²) in [5.41, 5.74) is 7.83. The van der Waals surface area contributed by atoms with E-state index in [1.54, 1.807) is 0 Å². The lowest BCUT2D eigenvalue weighted by Gasteiger charge is -2.10. The number of rotatable bonds is 5. The van der Waals surface area contributed by atoms with Crippen molar-refractivity contribution >= 4 is 17.3 Å². The molecule has 0 unspecified atom stereocenters. The van der Waals surface area contributed by atoms with E-state index >= 15 is 0 Å². The zero-order valence-electron chi connectivity index (χ0n) is 14.8. The zero-order valence-corrected chi connectivity index (χ0v) is 14.8. The van der Waals surface area contributed by atoms with Crippen LogP contribution in [0.25, 0.3) is 11.1 Å². The first-order valence-electron chi connectivity index (χ1n) is 8.94. The van der Waals surface area contributed by atoms with Gasteiger partial charge in [-0.1, -0.05) is 42.5 Å². The highest BCUT2D eigenvalue weighted by Gasteiger charge is 2.17. The van der Waals surface area contributed by atoms with Crippen LogP contribution < -0.4 is 10.6 Å². The molecule has 0 aromatic heterocycles. The van der Waals surface area contributed by atoms with Gasteiger partial charge in [0.05, 0.1) is 19.0 Å². The SMILES string of the molecule is N#CCc1ccc(NC(=O)CNc2ccc3c(c2)Cc2ccccc2-3)cc1. The third-order valence-electron chi connectivity index (χ3n) is 4.77. The lowest BCUT2D eigenvalue weighted by molar-refractivity contribution is -0.114. The second kappa shape index (κ2) is 7.35. The summed E-state index contributed by atoms with van der Waals surface area (Å²) in [7, 11) is 0. The van der Waals surface area contributed by atoms with Crippen LogP contribution in [0.3, 0.4) is 0 Å². The number of amides is 1. The molecule has 27 heavy (non-hydrogen) atoms. The maximum atomic E-state index is 12.2. The number of carbonyl (C=O) groups is 1. The van der Waals surface area contributed by atoms with Crippen LogP contribution in [0.5, 0.6) is 0 Å². The maximum Gasteiger partial charge on any atom is 0.243 e. The summed E-state index contributed by atoms with van der Waals surface area (Å²) >= 11 is 0. The molecule has 0 spiro atoms. The topological polar surface area (TPSA) is 64.9 Å². The van der Waals surface area contributed by atoms with Gasteiger partial charge in [-0.15, -0.1) is 0 Å². The number of nitrogens with zero attached hydrogens (tertiary/aromatic N) is 1. The first-order chi connectivity index (χ1) is 13.2. The Morgan fingerprint density at radius 2 is 1.67 bits per heavy atom. The van der Waals surface area contributed by atoms with E-state index in [1.807, 2.05) is 30.3 Å². The Bertz CT molecular complexity index is 1030. The van der Waals surface area contributed by atoms with Gasteiger partial charge >= 0.3 is 0 Å². The second-order valence-electron chi connectivity index (χ2n) is 6.64. The van der Waals surface area contributed by atoms with Gasteiger partial charge in [-0.25, -0.2) is 0 Å². The fourth-order valence-electron chi connectivity index (χ4n) is 3.44. The molecule has 3 aromatic rings. The third-order valence-corrected chi connectivity index (χ3v) is 4.77. The van der Waals surface area contributed by atoms with E-state index in [0.717, 1.165) is 23.4 Å². The van der Waals surface area contributed by atoms with Gasteiger partial charge in [0.1, 0.15) is 0 Å². The highest BCUT2D eigenvalue weighted by Crippen LogP contribution is 2.37. The van der Waals surface area contributed by atoms with Crippen LogP contribution in [-0.4, -0.2) is 12.5 Å². The normalized spacial score (nSPS) is 11.2. The molecule has 0 fully saturated rings. The van der Waals surface area contributed by atoms with E-state index in [4.69, 9.17) is 5.26 Å². The van der Waals surface area contributed by atoms with Gasteiger partial charge in [-0.3, -0.25) is 4.79 Å². The van der Waals surface area contributed by atoms with Crippen LogP contribution in [0, 0.1) is 11.3 Å². The molecular formula is C23H19N3O. The molecule has 4 nitrogen and oxygen atoms in total. The molecule has 0 heterocycles. The molecule has 1 aliphatic rings. The van der Waals surface area contributed by atoms with Crippen molar-refractivity contribution < 1.29 is 4.79 Å². The molecule has 0 bridgehead atoms. The molecular weight excluding hydrogens is 334 g/mol. The van der Waals surface area contributed by atoms with E-state index in [1.165, 1.54) is 22.3 Å². The summed E-state index contributed by atoms with van der Waals surface area (Å²) in [6.45, 7) is 0.200. The van der Waals surface area contributed by atoms with Crippen LogP contribution in [0.4, 0.5) is 11.4 Å². The van der Waals surface area contributed by atoms with E-state index in [9.17, 15) is 4.79 Å². The van der Waals surface area contributed by atoms with Crippen molar-refractivity contribution in [2.24, 2.45) is 0 Å². The van der Waals surface area contributed by atoms with Crippen molar-refractivity contribution in [2.75, 3.05) is 17.2 Å². The Hall–Kier alpha value is -3.58. The van der Waals surface area contributed by atoms with Gasteiger partial charge in [0.15, 0.2) is 0 Å². The molecule has 0 aliphatic heterocycles. The number of fused-ring (bicyclic) bond motifs is 3.